The van der Waals surface area contributed by atoms with Gasteiger partial charge in [0.1, 0.15) is 11.3 Å². The Labute approximate surface area is 148 Å². The van der Waals surface area contributed by atoms with E-state index < -0.39 is 11.7 Å². The fraction of sp³-hybridized carbons (Fsp3) is 0.188. The van der Waals surface area contributed by atoms with Crippen LogP contribution < -0.4 is 5.32 Å². The first kappa shape index (κ1) is 17.9. The maximum atomic E-state index is 12.3. The number of amides is 1. The van der Waals surface area contributed by atoms with E-state index in [1.165, 1.54) is 6.07 Å². The van der Waals surface area contributed by atoms with Gasteiger partial charge in [0.05, 0.1) is 21.7 Å². The molecule has 0 aliphatic carbocycles. The monoisotopic (exact) mass is 373 g/mol. The topological polar surface area (TPSA) is 58.6 Å². The molecule has 0 atom stereocenters. The number of carbonyl (C=O) groups excluding carboxylic acids is 1. The second kappa shape index (κ2) is 7.88. The third kappa shape index (κ3) is 4.30. The van der Waals surface area contributed by atoms with Gasteiger partial charge in [-0.1, -0.05) is 59.1 Å². The van der Waals surface area contributed by atoms with Crippen molar-refractivity contribution in [3.8, 4) is 5.75 Å². The molecule has 2 N–H and O–H groups in total. The maximum absolute atomic E-state index is 12.3. The molecule has 23 heavy (non-hydrogen) atoms. The molecule has 7 heteroatoms. The summed E-state index contributed by atoms with van der Waals surface area (Å²) in [5, 5.41) is 12.6. The van der Waals surface area contributed by atoms with Crippen molar-refractivity contribution in [3.05, 3.63) is 62.1 Å². The molecule has 0 aliphatic rings. The van der Waals surface area contributed by atoms with Gasteiger partial charge in [-0.25, -0.2) is 0 Å². The number of ether oxygens (including phenoxy) is 1. The number of carbonyl (C=O) groups is 1. The second-order valence-electron chi connectivity index (χ2n) is 4.81. The highest BCUT2D eigenvalue weighted by Crippen LogP contribution is 2.38. The van der Waals surface area contributed by atoms with Crippen molar-refractivity contribution in [2.75, 3.05) is 7.11 Å². The normalized spacial score (nSPS) is 10.6. The van der Waals surface area contributed by atoms with Crippen LogP contribution in [0.4, 0.5) is 0 Å². The molecule has 2 aromatic rings. The van der Waals surface area contributed by atoms with Gasteiger partial charge in [0.25, 0.3) is 5.91 Å². The quantitative estimate of drug-likeness (QED) is 0.761. The molecule has 2 rings (SSSR count). The Hall–Kier alpha value is -1.46. The lowest BCUT2D eigenvalue weighted by atomic mass is 10.1. The summed E-state index contributed by atoms with van der Waals surface area (Å²) in [6.45, 7) is 0.745. The first-order valence-corrected chi connectivity index (χ1v) is 7.78. The number of methoxy groups -OCH3 is 1. The Kier molecular flexibility index (Phi) is 6.13. The van der Waals surface area contributed by atoms with E-state index in [1.54, 1.807) is 7.11 Å². The zero-order valence-electron chi connectivity index (χ0n) is 12.2. The molecule has 0 bridgehead atoms. The Balaban J connectivity index is 2.16. The SMILES string of the molecule is COCc1cccc(CNC(=O)c2c(O)c(Cl)cc(Cl)c2Cl)c1. The van der Waals surface area contributed by atoms with Crippen LogP contribution in [-0.2, 0) is 17.9 Å². The summed E-state index contributed by atoms with van der Waals surface area (Å²) >= 11 is 17.7. The lowest BCUT2D eigenvalue weighted by Crippen LogP contribution is -2.23. The number of aromatic hydroxyl groups is 1. The highest BCUT2D eigenvalue weighted by Gasteiger charge is 2.21. The van der Waals surface area contributed by atoms with E-state index in [1.807, 2.05) is 24.3 Å². The second-order valence-corrected chi connectivity index (χ2v) is 6.01. The van der Waals surface area contributed by atoms with Crippen molar-refractivity contribution in [1.82, 2.24) is 5.32 Å². The molecule has 0 saturated heterocycles. The standard InChI is InChI=1S/C16H14Cl3NO3/c1-23-8-10-4-2-3-9(5-10)7-20-16(22)13-14(19)11(17)6-12(18)15(13)21/h2-6,21H,7-8H2,1H3,(H,20,22). The van der Waals surface area contributed by atoms with Crippen LogP contribution in [0.25, 0.3) is 0 Å². The number of hydrogen-bond donors (Lipinski definition) is 2. The Morgan fingerprint density at radius 3 is 2.57 bits per heavy atom. The minimum atomic E-state index is -0.561. The number of benzene rings is 2. The summed E-state index contributed by atoms with van der Waals surface area (Å²) in [5.41, 5.74) is 1.74. The van der Waals surface area contributed by atoms with Gasteiger partial charge in [-0.2, -0.15) is 0 Å². The fourth-order valence-electron chi connectivity index (χ4n) is 2.06. The lowest BCUT2D eigenvalue weighted by molar-refractivity contribution is 0.0948. The van der Waals surface area contributed by atoms with E-state index in [2.05, 4.69) is 5.32 Å². The zero-order chi connectivity index (χ0) is 17.0. The molecule has 0 aromatic heterocycles. The molecule has 0 aliphatic heterocycles. The molecular weight excluding hydrogens is 361 g/mol. The van der Waals surface area contributed by atoms with Gasteiger partial charge in [0, 0.05) is 13.7 Å². The van der Waals surface area contributed by atoms with E-state index in [9.17, 15) is 9.90 Å². The Morgan fingerprint density at radius 2 is 1.87 bits per heavy atom. The molecule has 0 fully saturated rings. The maximum Gasteiger partial charge on any atom is 0.256 e. The predicted molar refractivity (Wildman–Crippen MR) is 91.5 cm³/mol. The van der Waals surface area contributed by atoms with E-state index in [0.717, 1.165) is 11.1 Å². The van der Waals surface area contributed by atoms with Gasteiger partial charge in [0.15, 0.2) is 0 Å². The molecule has 2 aromatic carbocycles. The number of nitrogens with one attached hydrogen (secondary N) is 1. The fourth-order valence-corrected chi connectivity index (χ4v) is 2.75. The minimum absolute atomic E-state index is 0.0355. The molecular formula is C16H14Cl3NO3. The highest BCUT2D eigenvalue weighted by atomic mass is 35.5. The third-order valence-electron chi connectivity index (χ3n) is 3.13. The summed E-state index contributed by atoms with van der Waals surface area (Å²) in [4.78, 5) is 12.3. The van der Waals surface area contributed by atoms with Crippen LogP contribution in [0, 0.1) is 0 Å². The first-order valence-electron chi connectivity index (χ1n) is 6.65. The van der Waals surface area contributed by atoms with Crippen molar-refractivity contribution >= 4 is 40.7 Å². The molecule has 0 spiro atoms. The van der Waals surface area contributed by atoms with Crippen molar-refractivity contribution in [2.24, 2.45) is 0 Å². The average Bonchev–Trinajstić information content (AvgIpc) is 2.52. The van der Waals surface area contributed by atoms with E-state index >= 15 is 0 Å². The Morgan fingerprint density at radius 1 is 1.17 bits per heavy atom. The van der Waals surface area contributed by atoms with Crippen molar-refractivity contribution < 1.29 is 14.6 Å². The average molecular weight is 375 g/mol. The summed E-state index contributed by atoms with van der Waals surface area (Å²) in [6, 6.07) is 8.86. The van der Waals surface area contributed by atoms with Crippen LogP contribution in [0.15, 0.2) is 30.3 Å². The molecule has 0 saturated carbocycles. The first-order chi connectivity index (χ1) is 10.9. The summed E-state index contributed by atoms with van der Waals surface area (Å²) < 4.78 is 5.07. The van der Waals surface area contributed by atoms with E-state index in [-0.39, 0.29) is 27.2 Å². The van der Waals surface area contributed by atoms with Crippen LogP contribution in [-0.4, -0.2) is 18.1 Å². The van der Waals surface area contributed by atoms with Crippen LogP contribution >= 0.6 is 34.8 Å². The predicted octanol–water partition coefficient (Wildman–Crippen LogP) is 4.43. The minimum Gasteiger partial charge on any atom is -0.505 e. The van der Waals surface area contributed by atoms with Crippen molar-refractivity contribution in [3.63, 3.8) is 0 Å². The highest BCUT2D eigenvalue weighted by molar-refractivity contribution is 6.45. The molecule has 0 radical (unpaired) electrons. The zero-order valence-corrected chi connectivity index (χ0v) is 14.5. The molecule has 0 unspecified atom stereocenters. The van der Waals surface area contributed by atoms with Gasteiger partial charge in [-0.3, -0.25) is 4.79 Å². The summed E-state index contributed by atoms with van der Waals surface area (Å²) in [7, 11) is 1.61. The Bertz CT molecular complexity index is 709. The lowest BCUT2D eigenvalue weighted by Gasteiger charge is -2.11. The number of halogens is 3. The van der Waals surface area contributed by atoms with Gasteiger partial charge in [-0.15, -0.1) is 0 Å². The third-order valence-corrected chi connectivity index (χ3v) is 4.20. The number of phenolic OH excluding ortho intramolecular Hbond substituents is 1. The molecule has 1 amide bonds. The number of hydrogen-bond acceptors (Lipinski definition) is 3. The van der Waals surface area contributed by atoms with Crippen LogP contribution in [0.5, 0.6) is 5.75 Å². The summed E-state index contributed by atoms with van der Waals surface area (Å²) in [6.07, 6.45) is 0. The van der Waals surface area contributed by atoms with Gasteiger partial charge in [0.2, 0.25) is 0 Å². The van der Waals surface area contributed by atoms with Gasteiger partial charge >= 0.3 is 0 Å². The van der Waals surface area contributed by atoms with Gasteiger partial charge < -0.3 is 15.2 Å². The van der Waals surface area contributed by atoms with Crippen molar-refractivity contribution in [1.29, 1.82) is 0 Å². The van der Waals surface area contributed by atoms with Crippen LogP contribution in [0.2, 0.25) is 15.1 Å². The largest absolute Gasteiger partial charge is 0.505 e. The smallest absolute Gasteiger partial charge is 0.256 e. The number of rotatable bonds is 5. The van der Waals surface area contributed by atoms with Gasteiger partial charge in [-0.05, 0) is 17.2 Å². The van der Waals surface area contributed by atoms with Crippen LogP contribution in [0.1, 0.15) is 21.5 Å². The summed E-state index contributed by atoms with van der Waals surface area (Å²) in [5.74, 6) is -0.958. The molecule has 122 valence electrons. The molecule has 4 nitrogen and oxygen atoms in total. The van der Waals surface area contributed by atoms with E-state index in [4.69, 9.17) is 39.5 Å². The van der Waals surface area contributed by atoms with Crippen molar-refractivity contribution in [2.45, 2.75) is 13.2 Å². The van der Waals surface area contributed by atoms with Crippen LogP contribution in [0.3, 0.4) is 0 Å². The number of phenols is 1. The molecule has 0 heterocycles. The van der Waals surface area contributed by atoms with E-state index in [0.29, 0.717) is 6.61 Å².